The number of hydrogen-bond donors (Lipinski definition) is 1. The minimum Gasteiger partial charge on any atom is -0.357 e. The first-order valence-corrected chi connectivity index (χ1v) is 10.8. The molecule has 1 saturated heterocycles. The number of nitrogens with one attached hydrogen (secondary N) is 1. The van der Waals surface area contributed by atoms with Crippen molar-refractivity contribution >= 4 is 39.8 Å². The van der Waals surface area contributed by atoms with Crippen molar-refractivity contribution in [3.63, 3.8) is 0 Å². The fraction of sp³-hybridized carbons (Fsp3) is 0.632. The summed E-state index contributed by atoms with van der Waals surface area (Å²) in [4.78, 5) is 6.93. The number of sulfone groups is 1. The average Bonchev–Trinajstić information content (AvgIpc) is 3.35. The summed E-state index contributed by atoms with van der Waals surface area (Å²) in [5, 5.41) is 3.34. The summed E-state index contributed by atoms with van der Waals surface area (Å²) in [5.41, 5.74) is 1.40. The SMILES string of the molecule is CCNC(=NCC1CC1c1ccccc1)N1CCS(=O)(=O)C(C)(C)C1.I. The molecule has 0 bridgehead atoms. The minimum absolute atomic E-state index is 0. The lowest BCUT2D eigenvalue weighted by atomic mass is 10.1. The van der Waals surface area contributed by atoms with E-state index in [4.69, 9.17) is 4.99 Å². The number of halogens is 1. The van der Waals surface area contributed by atoms with Crippen molar-refractivity contribution in [3.8, 4) is 0 Å². The molecule has 0 spiro atoms. The number of guanidine groups is 1. The number of hydrogen-bond acceptors (Lipinski definition) is 3. The van der Waals surface area contributed by atoms with Gasteiger partial charge in [0.1, 0.15) is 0 Å². The zero-order valence-corrected chi connectivity index (χ0v) is 19.0. The van der Waals surface area contributed by atoms with Crippen molar-refractivity contribution in [2.75, 3.05) is 31.9 Å². The highest BCUT2D eigenvalue weighted by Crippen LogP contribution is 2.47. The van der Waals surface area contributed by atoms with E-state index in [0.29, 0.717) is 24.9 Å². The molecule has 0 radical (unpaired) electrons. The Balaban J connectivity index is 0.00000243. The monoisotopic (exact) mass is 491 g/mol. The van der Waals surface area contributed by atoms with Crippen LogP contribution in [0.15, 0.2) is 35.3 Å². The molecular weight excluding hydrogens is 461 g/mol. The summed E-state index contributed by atoms with van der Waals surface area (Å²) in [6.07, 6.45) is 1.19. The van der Waals surface area contributed by atoms with E-state index in [-0.39, 0.29) is 29.7 Å². The van der Waals surface area contributed by atoms with Gasteiger partial charge >= 0.3 is 0 Å². The number of benzene rings is 1. The molecule has 1 aromatic rings. The summed E-state index contributed by atoms with van der Waals surface area (Å²) >= 11 is 0. The van der Waals surface area contributed by atoms with E-state index in [9.17, 15) is 8.42 Å². The molecule has 146 valence electrons. The van der Waals surface area contributed by atoms with Crippen LogP contribution in [0.25, 0.3) is 0 Å². The summed E-state index contributed by atoms with van der Waals surface area (Å²) in [6, 6.07) is 10.6. The summed E-state index contributed by atoms with van der Waals surface area (Å²) in [5.74, 6) is 2.26. The van der Waals surface area contributed by atoms with Crippen molar-refractivity contribution in [2.24, 2.45) is 10.9 Å². The number of rotatable bonds is 4. The Labute approximate surface area is 174 Å². The molecule has 2 aliphatic rings. The van der Waals surface area contributed by atoms with Crippen LogP contribution in [0.3, 0.4) is 0 Å². The predicted molar refractivity (Wildman–Crippen MR) is 118 cm³/mol. The second-order valence-electron chi connectivity index (χ2n) is 7.71. The number of aliphatic imine (C=N–C) groups is 1. The molecule has 7 heteroatoms. The van der Waals surface area contributed by atoms with Crippen molar-refractivity contribution in [1.29, 1.82) is 0 Å². The molecule has 1 aliphatic heterocycles. The molecule has 0 aromatic heterocycles. The summed E-state index contributed by atoms with van der Waals surface area (Å²) < 4.78 is 23.7. The normalized spacial score (nSPS) is 26.7. The highest BCUT2D eigenvalue weighted by molar-refractivity contribution is 14.0. The van der Waals surface area contributed by atoms with E-state index in [1.165, 1.54) is 12.0 Å². The third kappa shape index (κ3) is 4.71. The molecule has 0 amide bonds. The van der Waals surface area contributed by atoms with Gasteiger partial charge in [0, 0.05) is 26.2 Å². The van der Waals surface area contributed by atoms with Gasteiger partial charge in [-0.05, 0) is 44.6 Å². The quantitative estimate of drug-likeness (QED) is 0.400. The zero-order chi connectivity index (χ0) is 18.1. The van der Waals surface area contributed by atoms with Gasteiger partial charge in [0.15, 0.2) is 15.8 Å². The Morgan fingerprint density at radius 3 is 2.62 bits per heavy atom. The van der Waals surface area contributed by atoms with E-state index in [1.54, 1.807) is 0 Å². The van der Waals surface area contributed by atoms with Crippen LogP contribution < -0.4 is 5.32 Å². The lowest BCUT2D eigenvalue weighted by Crippen LogP contribution is -2.57. The van der Waals surface area contributed by atoms with Crippen molar-refractivity contribution in [1.82, 2.24) is 10.2 Å². The van der Waals surface area contributed by atoms with Gasteiger partial charge in [0.05, 0.1) is 10.5 Å². The first-order valence-electron chi connectivity index (χ1n) is 9.14. The highest BCUT2D eigenvalue weighted by Gasteiger charge is 2.41. The Kier molecular flexibility index (Phi) is 6.98. The second-order valence-corrected chi connectivity index (χ2v) is 10.5. The fourth-order valence-corrected chi connectivity index (χ4v) is 4.88. The van der Waals surface area contributed by atoms with Crippen LogP contribution in [-0.4, -0.2) is 56.0 Å². The third-order valence-corrected chi connectivity index (χ3v) is 7.84. The maximum absolute atomic E-state index is 12.2. The molecule has 5 nitrogen and oxygen atoms in total. The third-order valence-electron chi connectivity index (χ3n) is 5.30. The van der Waals surface area contributed by atoms with Crippen LogP contribution in [-0.2, 0) is 9.84 Å². The molecule has 2 atom stereocenters. The van der Waals surface area contributed by atoms with E-state index in [0.717, 1.165) is 19.0 Å². The largest absolute Gasteiger partial charge is 0.357 e. The van der Waals surface area contributed by atoms with Gasteiger partial charge in [0.2, 0.25) is 0 Å². The maximum atomic E-state index is 12.2. The molecule has 1 aliphatic carbocycles. The van der Waals surface area contributed by atoms with Gasteiger partial charge < -0.3 is 10.2 Å². The topological polar surface area (TPSA) is 61.8 Å². The lowest BCUT2D eigenvalue weighted by molar-refractivity contribution is 0.353. The van der Waals surface area contributed by atoms with Gasteiger partial charge in [0.25, 0.3) is 0 Å². The molecule has 1 aromatic carbocycles. The molecular formula is C19H30IN3O2S. The molecule has 1 N–H and O–H groups in total. The lowest BCUT2D eigenvalue weighted by Gasteiger charge is -2.39. The van der Waals surface area contributed by atoms with Gasteiger partial charge in [-0.3, -0.25) is 4.99 Å². The maximum Gasteiger partial charge on any atom is 0.194 e. The van der Waals surface area contributed by atoms with Crippen LogP contribution in [0, 0.1) is 5.92 Å². The van der Waals surface area contributed by atoms with Crippen LogP contribution in [0.1, 0.15) is 38.7 Å². The predicted octanol–water partition coefficient (Wildman–Crippen LogP) is 2.88. The smallest absolute Gasteiger partial charge is 0.194 e. The Bertz CT molecular complexity index is 734. The van der Waals surface area contributed by atoms with Gasteiger partial charge in [-0.2, -0.15) is 0 Å². The van der Waals surface area contributed by atoms with Gasteiger partial charge in [-0.25, -0.2) is 8.42 Å². The molecule has 1 saturated carbocycles. The van der Waals surface area contributed by atoms with Crippen molar-refractivity contribution < 1.29 is 8.42 Å². The van der Waals surface area contributed by atoms with Crippen LogP contribution in [0.4, 0.5) is 0 Å². The van der Waals surface area contributed by atoms with Crippen LogP contribution >= 0.6 is 24.0 Å². The highest BCUT2D eigenvalue weighted by atomic mass is 127. The van der Waals surface area contributed by atoms with E-state index >= 15 is 0 Å². The summed E-state index contributed by atoms with van der Waals surface area (Å²) in [6.45, 7) is 8.26. The zero-order valence-electron chi connectivity index (χ0n) is 15.8. The molecule has 1 heterocycles. The number of nitrogens with zero attached hydrogens (tertiary/aromatic N) is 2. The molecule has 2 fully saturated rings. The molecule has 2 unspecified atom stereocenters. The van der Waals surface area contributed by atoms with E-state index < -0.39 is 14.6 Å². The van der Waals surface area contributed by atoms with Gasteiger partial charge in [-0.15, -0.1) is 24.0 Å². The second kappa shape index (κ2) is 8.46. The van der Waals surface area contributed by atoms with Gasteiger partial charge in [-0.1, -0.05) is 30.3 Å². The van der Waals surface area contributed by atoms with Crippen molar-refractivity contribution in [3.05, 3.63) is 35.9 Å². The van der Waals surface area contributed by atoms with Crippen molar-refractivity contribution in [2.45, 2.75) is 37.9 Å². The fourth-order valence-electron chi connectivity index (χ4n) is 3.51. The van der Waals surface area contributed by atoms with Crippen LogP contribution in [0.5, 0.6) is 0 Å². The first kappa shape index (κ1) is 21.5. The Morgan fingerprint density at radius 2 is 2.00 bits per heavy atom. The van der Waals surface area contributed by atoms with E-state index in [2.05, 4.69) is 40.5 Å². The van der Waals surface area contributed by atoms with Crippen LogP contribution in [0.2, 0.25) is 0 Å². The standard InChI is InChI=1S/C19H29N3O2S.HI/c1-4-20-18(22-10-11-25(23,24)19(2,3)14-22)21-13-16-12-17(16)15-8-6-5-7-9-15;/h5-9,16-17H,4,10-14H2,1-3H3,(H,20,21);1H. The molecule has 3 rings (SSSR count). The minimum atomic E-state index is -3.03. The average molecular weight is 491 g/mol. The molecule has 26 heavy (non-hydrogen) atoms. The summed E-state index contributed by atoms with van der Waals surface area (Å²) in [7, 11) is -3.03. The Morgan fingerprint density at radius 1 is 1.31 bits per heavy atom. The first-order chi connectivity index (χ1) is 11.8. The Hall–Kier alpha value is -0.830. The van der Waals surface area contributed by atoms with E-state index in [1.807, 2.05) is 20.8 Å².